The lowest BCUT2D eigenvalue weighted by Gasteiger charge is -2.19. The Kier molecular flexibility index (Phi) is 4.18. The quantitative estimate of drug-likeness (QED) is 0.881. The first kappa shape index (κ1) is 14.3. The molecule has 1 aliphatic heterocycles. The van der Waals surface area contributed by atoms with Crippen molar-refractivity contribution in [2.45, 2.75) is 0 Å². The highest BCUT2D eigenvalue weighted by molar-refractivity contribution is 5.95. The molecular formula is C17H16N2O3. The van der Waals surface area contributed by atoms with Gasteiger partial charge in [0.25, 0.3) is 5.91 Å². The lowest BCUT2D eigenvalue weighted by atomic mass is 10.0. The molecule has 0 unspecified atom stereocenters. The smallest absolute Gasteiger partial charge is 0.284 e. The number of nitrogens with zero attached hydrogens (tertiary/aromatic N) is 1. The minimum Gasteiger partial charge on any atom is -0.388 e. The Bertz CT molecular complexity index is 681. The standard InChI is InChI=1S/C17H16N2O3/c1-21-19(16-11-12-18-22-16)17(20)15-9-7-14(8-10-15)13-5-3-2-4-6-13/h2-11,18H,12H2,1H3. The number of carbonyl (C=O) groups excluding carboxylic acids is 1. The van der Waals surface area contributed by atoms with Crippen molar-refractivity contribution < 1.29 is 14.5 Å². The van der Waals surface area contributed by atoms with Crippen molar-refractivity contribution in [2.24, 2.45) is 0 Å². The number of rotatable bonds is 4. The van der Waals surface area contributed by atoms with Gasteiger partial charge in [0, 0.05) is 5.56 Å². The van der Waals surface area contributed by atoms with Gasteiger partial charge in [0.2, 0.25) is 5.88 Å². The predicted octanol–water partition coefficient (Wildman–Crippen LogP) is 2.73. The van der Waals surface area contributed by atoms with Gasteiger partial charge in [-0.25, -0.2) is 0 Å². The van der Waals surface area contributed by atoms with Gasteiger partial charge in [0.05, 0.1) is 13.7 Å². The van der Waals surface area contributed by atoms with Gasteiger partial charge in [-0.1, -0.05) is 42.5 Å². The molecule has 0 fully saturated rings. The highest BCUT2D eigenvalue weighted by Gasteiger charge is 2.23. The Balaban J connectivity index is 1.81. The fourth-order valence-electron chi connectivity index (χ4n) is 2.24. The van der Waals surface area contributed by atoms with E-state index in [1.807, 2.05) is 42.5 Å². The molecule has 0 atom stereocenters. The Labute approximate surface area is 128 Å². The van der Waals surface area contributed by atoms with Crippen molar-refractivity contribution in [3.63, 3.8) is 0 Å². The topological polar surface area (TPSA) is 50.8 Å². The van der Waals surface area contributed by atoms with Gasteiger partial charge in [0.15, 0.2) is 0 Å². The molecule has 0 spiro atoms. The molecule has 1 aliphatic rings. The second kappa shape index (κ2) is 6.43. The number of nitrogens with one attached hydrogen (secondary N) is 1. The van der Waals surface area contributed by atoms with Crippen LogP contribution in [0.2, 0.25) is 0 Å². The highest BCUT2D eigenvalue weighted by atomic mass is 16.7. The minimum atomic E-state index is -0.280. The second-order valence-electron chi connectivity index (χ2n) is 4.72. The number of amides is 1. The summed E-state index contributed by atoms with van der Waals surface area (Å²) in [5.74, 6) is 0.0664. The van der Waals surface area contributed by atoms with Gasteiger partial charge < -0.3 is 4.84 Å². The first-order valence-corrected chi connectivity index (χ1v) is 6.93. The summed E-state index contributed by atoms with van der Waals surface area (Å²) in [6.45, 7) is 0.537. The molecule has 1 amide bonds. The summed E-state index contributed by atoms with van der Waals surface area (Å²) in [4.78, 5) is 22.7. The third kappa shape index (κ3) is 2.86. The fraction of sp³-hybridized carbons (Fsp3) is 0.118. The van der Waals surface area contributed by atoms with Gasteiger partial charge in [0.1, 0.15) is 0 Å². The summed E-state index contributed by atoms with van der Waals surface area (Å²) in [5, 5.41) is 1.12. The fourth-order valence-corrected chi connectivity index (χ4v) is 2.24. The van der Waals surface area contributed by atoms with Gasteiger partial charge in [-0.15, -0.1) is 5.06 Å². The maximum atomic E-state index is 12.5. The molecule has 5 nitrogen and oxygen atoms in total. The molecule has 1 heterocycles. The van der Waals surface area contributed by atoms with Crippen LogP contribution in [-0.2, 0) is 9.68 Å². The number of carbonyl (C=O) groups is 1. The zero-order chi connectivity index (χ0) is 15.4. The number of benzene rings is 2. The molecule has 0 radical (unpaired) electrons. The number of hydrogen-bond donors (Lipinski definition) is 1. The largest absolute Gasteiger partial charge is 0.388 e. The van der Waals surface area contributed by atoms with Gasteiger partial charge in [-0.2, -0.15) is 5.48 Å². The predicted molar refractivity (Wildman–Crippen MR) is 82.2 cm³/mol. The molecule has 1 N–H and O–H groups in total. The van der Waals surface area contributed by atoms with Crippen molar-refractivity contribution >= 4 is 5.91 Å². The minimum absolute atomic E-state index is 0.280. The van der Waals surface area contributed by atoms with Crippen LogP contribution in [0, 0.1) is 0 Å². The molecule has 0 saturated carbocycles. The zero-order valence-corrected chi connectivity index (χ0v) is 12.2. The van der Waals surface area contributed by atoms with Crippen molar-refractivity contribution in [1.29, 1.82) is 0 Å². The normalized spacial score (nSPS) is 13.4. The van der Waals surface area contributed by atoms with Crippen LogP contribution in [0.3, 0.4) is 0 Å². The Morgan fingerprint density at radius 1 is 1.09 bits per heavy atom. The highest BCUT2D eigenvalue weighted by Crippen LogP contribution is 2.21. The molecule has 3 rings (SSSR count). The third-order valence-corrected chi connectivity index (χ3v) is 3.34. The van der Waals surface area contributed by atoms with E-state index in [0.29, 0.717) is 18.0 Å². The summed E-state index contributed by atoms with van der Waals surface area (Å²) < 4.78 is 0. The Morgan fingerprint density at radius 3 is 2.36 bits per heavy atom. The lowest BCUT2D eigenvalue weighted by molar-refractivity contribution is -0.113. The summed E-state index contributed by atoms with van der Waals surface area (Å²) in [5.41, 5.74) is 5.35. The van der Waals surface area contributed by atoms with Crippen molar-refractivity contribution in [1.82, 2.24) is 10.5 Å². The second-order valence-corrected chi connectivity index (χ2v) is 4.72. The van der Waals surface area contributed by atoms with E-state index < -0.39 is 0 Å². The average Bonchev–Trinajstić information content (AvgIpc) is 3.11. The molecule has 2 aromatic rings. The van der Waals surface area contributed by atoms with Crippen LogP contribution < -0.4 is 5.48 Å². The summed E-state index contributed by atoms with van der Waals surface area (Å²) in [7, 11) is 1.43. The maximum absolute atomic E-state index is 12.5. The van der Waals surface area contributed by atoms with E-state index in [-0.39, 0.29) is 5.91 Å². The third-order valence-electron chi connectivity index (χ3n) is 3.34. The van der Waals surface area contributed by atoms with Crippen molar-refractivity contribution in [3.8, 4) is 11.1 Å². The van der Waals surface area contributed by atoms with E-state index in [4.69, 9.17) is 9.68 Å². The van der Waals surface area contributed by atoms with Crippen LogP contribution in [0.15, 0.2) is 66.6 Å². The molecule has 0 bridgehead atoms. The van der Waals surface area contributed by atoms with Crippen LogP contribution in [0.1, 0.15) is 10.4 Å². The van der Waals surface area contributed by atoms with E-state index in [9.17, 15) is 4.79 Å². The van der Waals surface area contributed by atoms with E-state index in [1.54, 1.807) is 18.2 Å². The maximum Gasteiger partial charge on any atom is 0.284 e. The Morgan fingerprint density at radius 2 is 1.77 bits per heavy atom. The molecule has 0 aromatic heterocycles. The van der Waals surface area contributed by atoms with Gasteiger partial charge in [-0.3, -0.25) is 9.63 Å². The van der Waals surface area contributed by atoms with E-state index in [0.717, 1.165) is 16.2 Å². The summed E-state index contributed by atoms with van der Waals surface area (Å²) >= 11 is 0. The SMILES string of the molecule is CON(C(=O)c1ccc(-c2ccccc2)cc1)C1=CCNO1. The van der Waals surface area contributed by atoms with Gasteiger partial charge in [-0.05, 0) is 29.3 Å². The van der Waals surface area contributed by atoms with Crippen molar-refractivity contribution in [2.75, 3.05) is 13.7 Å². The monoisotopic (exact) mass is 296 g/mol. The molecule has 2 aromatic carbocycles. The van der Waals surface area contributed by atoms with Crippen LogP contribution >= 0.6 is 0 Å². The molecule has 0 saturated heterocycles. The molecule has 112 valence electrons. The molecular weight excluding hydrogens is 280 g/mol. The number of hydrogen-bond acceptors (Lipinski definition) is 4. The lowest BCUT2D eigenvalue weighted by Crippen LogP contribution is -2.30. The summed E-state index contributed by atoms with van der Waals surface area (Å²) in [6.07, 6.45) is 1.74. The van der Waals surface area contributed by atoms with Crippen LogP contribution in [0.25, 0.3) is 11.1 Å². The van der Waals surface area contributed by atoms with E-state index in [2.05, 4.69) is 5.48 Å². The van der Waals surface area contributed by atoms with E-state index >= 15 is 0 Å². The number of hydroxylamine groups is 3. The van der Waals surface area contributed by atoms with Crippen LogP contribution in [0.5, 0.6) is 0 Å². The average molecular weight is 296 g/mol. The summed E-state index contributed by atoms with van der Waals surface area (Å²) in [6, 6.07) is 17.4. The van der Waals surface area contributed by atoms with Crippen LogP contribution in [-0.4, -0.2) is 24.6 Å². The van der Waals surface area contributed by atoms with Crippen molar-refractivity contribution in [3.05, 3.63) is 72.1 Å². The first-order valence-electron chi connectivity index (χ1n) is 6.93. The van der Waals surface area contributed by atoms with Crippen LogP contribution in [0.4, 0.5) is 0 Å². The molecule has 0 aliphatic carbocycles. The Hall–Kier alpha value is -2.63. The zero-order valence-electron chi connectivity index (χ0n) is 12.2. The van der Waals surface area contributed by atoms with Gasteiger partial charge >= 0.3 is 0 Å². The molecule has 5 heteroatoms. The molecule has 22 heavy (non-hydrogen) atoms. The van der Waals surface area contributed by atoms with E-state index in [1.165, 1.54) is 7.11 Å². The first-order chi connectivity index (χ1) is 10.8.